The highest BCUT2D eigenvalue weighted by molar-refractivity contribution is 6.30. The van der Waals surface area contributed by atoms with Gasteiger partial charge in [-0.15, -0.1) is 0 Å². The van der Waals surface area contributed by atoms with Gasteiger partial charge in [0.1, 0.15) is 5.82 Å². The summed E-state index contributed by atoms with van der Waals surface area (Å²) >= 11 is 6.06. The van der Waals surface area contributed by atoms with Crippen molar-refractivity contribution in [3.63, 3.8) is 0 Å². The van der Waals surface area contributed by atoms with Crippen LogP contribution in [-0.2, 0) is 0 Å². The summed E-state index contributed by atoms with van der Waals surface area (Å²) in [5, 5.41) is 4.40. The molecule has 1 aromatic carbocycles. The van der Waals surface area contributed by atoms with E-state index in [4.69, 9.17) is 16.6 Å². The molecule has 3 aromatic rings. The smallest absolute Gasteiger partial charge is 0.163 e. The Morgan fingerprint density at radius 3 is 2.70 bits per heavy atom. The van der Waals surface area contributed by atoms with Gasteiger partial charge in [0.2, 0.25) is 0 Å². The van der Waals surface area contributed by atoms with E-state index in [2.05, 4.69) is 39.4 Å². The molecule has 5 nitrogen and oxygen atoms in total. The lowest BCUT2D eigenvalue weighted by atomic mass is 10.0. The fraction of sp³-hybridized carbons (Fsp3) is 0.286. The van der Waals surface area contributed by atoms with Crippen LogP contribution in [0.4, 0.5) is 5.82 Å². The molecule has 4 rings (SSSR count). The lowest BCUT2D eigenvalue weighted by Gasteiger charge is -2.26. The van der Waals surface area contributed by atoms with E-state index in [1.165, 1.54) is 5.56 Å². The average molecular weight is 380 g/mol. The molecule has 0 bridgehead atoms. The van der Waals surface area contributed by atoms with Crippen molar-refractivity contribution < 1.29 is 0 Å². The zero-order valence-electron chi connectivity index (χ0n) is 15.4. The normalized spacial score (nSPS) is 20.0. The van der Waals surface area contributed by atoms with Gasteiger partial charge in [-0.05, 0) is 50.2 Å². The van der Waals surface area contributed by atoms with Crippen LogP contribution in [0.3, 0.4) is 0 Å². The molecule has 6 heteroatoms. The van der Waals surface area contributed by atoms with Crippen molar-refractivity contribution in [1.82, 2.24) is 19.9 Å². The van der Waals surface area contributed by atoms with E-state index in [9.17, 15) is 0 Å². The number of pyridine rings is 1. The van der Waals surface area contributed by atoms with Gasteiger partial charge in [0.25, 0.3) is 0 Å². The van der Waals surface area contributed by atoms with Crippen LogP contribution in [0.15, 0.2) is 54.9 Å². The largest absolute Gasteiger partial charge is 0.365 e. The first kappa shape index (κ1) is 17.9. The number of halogens is 1. The van der Waals surface area contributed by atoms with E-state index in [0.717, 1.165) is 35.1 Å². The Bertz CT molecular complexity index is 914. The molecule has 0 saturated carbocycles. The predicted molar refractivity (Wildman–Crippen MR) is 109 cm³/mol. The lowest BCUT2D eigenvalue weighted by Crippen LogP contribution is -2.29. The third-order valence-corrected chi connectivity index (χ3v) is 5.22. The molecule has 2 atom stereocenters. The van der Waals surface area contributed by atoms with Crippen LogP contribution in [0.5, 0.6) is 0 Å². The number of likely N-dealkylation sites (tertiary alicyclic amines) is 1. The van der Waals surface area contributed by atoms with Gasteiger partial charge in [-0.2, -0.15) is 0 Å². The molecular formula is C21H22ClN5. The number of likely N-dealkylation sites (N-methyl/N-ethyl adjacent to an activating group) is 1. The summed E-state index contributed by atoms with van der Waals surface area (Å²) in [6, 6.07) is 14.5. The standard InChI is InChI=1S/C21H22ClN5/c1-14-12-19(26-21(24-14)16-4-3-10-23-13-16)25-18-9-11-27(2)20(18)15-5-7-17(22)8-6-15/h3-8,10,12-13,18,20H,9,11H2,1-2H3,(H,24,25,26). The molecule has 2 unspecified atom stereocenters. The molecule has 1 saturated heterocycles. The van der Waals surface area contributed by atoms with E-state index in [1.807, 2.05) is 37.3 Å². The second kappa shape index (κ2) is 7.62. The molecule has 1 aliphatic rings. The van der Waals surface area contributed by atoms with Crippen LogP contribution in [0.2, 0.25) is 5.02 Å². The number of anilines is 1. The van der Waals surface area contributed by atoms with Gasteiger partial charge in [0, 0.05) is 47.3 Å². The zero-order valence-corrected chi connectivity index (χ0v) is 16.2. The second-order valence-corrected chi connectivity index (χ2v) is 7.41. The molecule has 0 radical (unpaired) electrons. The van der Waals surface area contributed by atoms with Crippen molar-refractivity contribution in [2.45, 2.75) is 25.4 Å². The molecule has 2 aromatic heterocycles. The molecular weight excluding hydrogens is 358 g/mol. The van der Waals surface area contributed by atoms with Crippen molar-refractivity contribution in [2.24, 2.45) is 0 Å². The van der Waals surface area contributed by atoms with Gasteiger partial charge in [-0.3, -0.25) is 9.88 Å². The van der Waals surface area contributed by atoms with E-state index < -0.39 is 0 Å². The number of aryl methyl sites for hydroxylation is 1. The number of nitrogens with zero attached hydrogens (tertiary/aromatic N) is 4. The number of nitrogens with one attached hydrogen (secondary N) is 1. The SMILES string of the molecule is Cc1cc(NC2CCN(C)C2c2ccc(Cl)cc2)nc(-c2cccnc2)n1. The summed E-state index contributed by atoms with van der Waals surface area (Å²) in [6.45, 7) is 3.02. The fourth-order valence-corrected chi connectivity index (χ4v) is 3.83. The molecule has 0 amide bonds. The van der Waals surface area contributed by atoms with E-state index in [1.54, 1.807) is 12.4 Å². The topological polar surface area (TPSA) is 53.9 Å². The number of aromatic nitrogens is 3. The number of rotatable bonds is 4. The Hall–Kier alpha value is -2.50. The maximum Gasteiger partial charge on any atom is 0.163 e. The molecule has 27 heavy (non-hydrogen) atoms. The highest BCUT2D eigenvalue weighted by atomic mass is 35.5. The summed E-state index contributed by atoms with van der Waals surface area (Å²) in [5.41, 5.74) is 3.11. The second-order valence-electron chi connectivity index (χ2n) is 6.98. The van der Waals surface area contributed by atoms with Crippen LogP contribution in [0.1, 0.15) is 23.7 Å². The number of benzene rings is 1. The van der Waals surface area contributed by atoms with Crippen LogP contribution < -0.4 is 5.32 Å². The fourth-order valence-electron chi connectivity index (χ4n) is 3.70. The van der Waals surface area contributed by atoms with Crippen LogP contribution >= 0.6 is 11.6 Å². The van der Waals surface area contributed by atoms with Crippen molar-refractivity contribution >= 4 is 17.4 Å². The molecule has 138 valence electrons. The third-order valence-electron chi connectivity index (χ3n) is 4.97. The Kier molecular flexibility index (Phi) is 5.05. The van der Waals surface area contributed by atoms with Crippen molar-refractivity contribution in [3.8, 4) is 11.4 Å². The summed E-state index contributed by atoms with van der Waals surface area (Å²) < 4.78 is 0. The molecule has 0 spiro atoms. The minimum Gasteiger partial charge on any atom is -0.365 e. The maximum absolute atomic E-state index is 6.06. The summed E-state index contributed by atoms with van der Waals surface area (Å²) in [7, 11) is 2.16. The monoisotopic (exact) mass is 379 g/mol. The Balaban J connectivity index is 1.61. The lowest BCUT2D eigenvalue weighted by molar-refractivity contribution is 0.309. The van der Waals surface area contributed by atoms with Crippen molar-refractivity contribution in [1.29, 1.82) is 0 Å². The van der Waals surface area contributed by atoms with Gasteiger partial charge >= 0.3 is 0 Å². The maximum atomic E-state index is 6.06. The van der Waals surface area contributed by atoms with Crippen LogP contribution in [-0.4, -0.2) is 39.5 Å². The first-order chi connectivity index (χ1) is 13.1. The zero-order chi connectivity index (χ0) is 18.8. The minimum atomic E-state index is 0.271. The molecule has 1 aliphatic heterocycles. The number of hydrogen-bond donors (Lipinski definition) is 1. The van der Waals surface area contributed by atoms with Crippen molar-refractivity contribution in [2.75, 3.05) is 18.9 Å². The van der Waals surface area contributed by atoms with E-state index in [0.29, 0.717) is 5.82 Å². The highest BCUT2D eigenvalue weighted by Gasteiger charge is 2.33. The first-order valence-electron chi connectivity index (χ1n) is 9.08. The Morgan fingerprint density at radius 2 is 1.96 bits per heavy atom. The Morgan fingerprint density at radius 1 is 1.15 bits per heavy atom. The summed E-state index contributed by atoms with van der Waals surface area (Å²) in [5.74, 6) is 1.54. The average Bonchev–Trinajstić information content (AvgIpc) is 3.03. The molecule has 0 aliphatic carbocycles. The van der Waals surface area contributed by atoms with Gasteiger partial charge in [0.05, 0.1) is 6.04 Å². The van der Waals surface area contributed by atoms with Gasteiger partial charge < -0.3 is 5.32 Å². The van der Waals surface area contributed by atoms with E-state index in [-0.39, 0.29) is 12.1 Å². The quantitative estimate of drug-likeness (QED) is 0.730. The van der Waals surface area contributed by atoms with Gasteiger partial charge in [-0.25, -0.2) is 9.97 Å². The molecule has 1 fully saturated rings. The Labute approximate surface area is 164 Å². The first-order valence-corrected chi connectivity index (χ1v) is 9.46. The number of hydrogen-bond acceptors (Lipinski definition) is 5. The van der Waals surface area contributed by atoms with Crippen LogP contribution in [0.25, 0.3) is 11.4 Å². The van der Waals surface area contributed by atoms with E-state index >= 15 is 0 Å². The minimum absolute atomic E-state index is 0.271. The molecule has 1 N–H and O–H groups in total. The molecule has 3 heterocycles. The highest BCUT2D eigenvalue weighted by Crippen LogP contribution is 2.33. The van der Waals surface area contributed by atoms with Crippen LogP contribution in [0, 0.1) is 6.92 Å². The third kappa shape index (κ3) is 3.94. The summed E-state index contributed by atoms with van der Waals surface area (Å²) in [4.78, 5) is 15.8. The summed E-state index contributed by atoms with van der Waals surface area (Å²) in [6.07, 6.45) is 4.59. The van der Waals surface area contributed by atoms with Gasteiger partial charge in [-0.1, -0.05) is 23.7 Å². The predicted octanol–water partition coefficient (Wildman–Crippen LogP) is 4.36. The van der Waals surface area contributed by atoms with Crippen molar-refractivity contribution in [3.05, 3.63) is 71.1 Å². The van der Waals surface area contributed by atoms with Gasteiger partial charge in [0.15, 0.2) is 5.82 Å².